The van der Waals surface area contributed by atoms with Gasteiger partial charge in [-0.2, -0.15) is 0 Å². The Morgan fingerprint density at radius 1 is 1.58 bits per heavy atom. The highest BCUT2D eigenvalue weighted by molar-refractivity contribution is 7.10. The number of hydrogen-bond acceptors (Lipinski definition) is 2. The molecular weight excluding hydrogens is 166 g/mol. The minimum atomic E-state index is 1.19. The molecule has 0 aliphatic carbocycles. The summed E-state index contributed by atoms with van der Waals surface area (Å²) in [5, 5.41) is 2.22. The smallest absolute Gasteiger partial charge is 0.0244 e. The van der Waals surface area contributed by atoms with Crippen molar-refractivity contribution in [3.8, 4) is 0 Å². The van der Waals surface area contributed by atoms with Crippen molar-refractivity contribution >= 4 is 11.3 Å². The van der Waals surface area contributed by atoms with Gasteiger partial charge in [-0.25, -0.2) is 0 Å². The molecule has 0 spiro atoms. The van der Waals surface area contributed by atoms with E-state index in [0.717, 1.165) is 0 Å². The normalized spacial score (nSPS) is 17.8. The third-order valence-electron chi connectivity index (χ3n) is 2.43. The second kappa shape index (κ2) is 3.58. The SMILES string of the molecule is CCCN1CCc2sccc2C1. The van der Waals surface area contributed by atoms with Crippen molar-refractivity contribution in [2.45, 2.75) is 26.3 Å². The Labute approximate surface area is 78.0 Å². The highest BCUT2D eigenvalue weighted by atomic mass is 32.1. The van der Waals surface area contributed by atoms with Crippen LogP contribution in [0.1, 0.15) is 23.8 Å². The number of fused-ring (bicyclic) bond motifs is 1. The quantitative estimate of drug-likeness (QED) is 0.677. The third-order valence-corrected chi connectivity index (χ3v) is 3.45. The Balaban J connectivity index is 2.05. The zero-order valence-electron chi connectivity index (χ0n) is 7.55. The lowest BCUT2D eigenvalue weighted by Gasteiger charge is -2.25. The van der Waals surface area contributed by atoms with E-state index in [1.807, 2.05) is 11.3 Å². The highest BCUT2D eigenvalue weighted by Gasteiger charge is 2.15. The molecule has 0 unspecified atom stereocenters. The van der Waals surface area contributed by atoms with E-state index in [4.69, 9.17) is 0 Å². The van der Waals surface area contributed by atoms with Crippen molar-refractivity contribution in [2.75, 3.05) is 13.1 Å². The molecule has 1 aliphatic rings. The van der Waals surface area contributed by atoms with E-state index in [2.05, 4.69) is 23.3 Å². The van der Waals surface area contributed by atoms with E-state index in [0.29, 0.717) is 0 Å². The molecular formula is C10H15NS. The molecule has 0 aromatic carbocycles. The third kappa shape index (κ3) is 1.54. The molecule has 0 fully saturated rings. The fraction of sp³-hybridized carbons (Fsp3) is 0.600. The first-order chi connectivity index (χ1) is 5.90. The van der Waals surface area contributed by atoms with Gasteiger partial charge in [0.2, 0.25) is 0 Å². The van der Waals surface area contributed by atoms with Crippen LogP contribution in [0, 0.1) is 0 Å². The summed E-state index contributed by atoms with van der Waals surface area (Å²) < 4.78 is 0. The van der Waals surface area contributed by atoms with Gasteiger partial charge in [-0.1, -0.05) is 6.92 Å². The molecule has 2 rings (SSSR count). The monoisotopic (exact) mass is 181 g/mol. The van der Waals surface area contributed by atoms with Crippen molar-refractivity contribution < 1.29 is 0 Å². The standard InChI is InChI=1S/C10H15NS/c1-2-5-11-6-3-10-9(8-11)4-7-12-10/h4,7H,2-3,5-6,8H2,1H3. The van der Waals surface area contributed by atoms with E-state index in [9.17, 15) is 0 Å². The van der Waals surface area contributed by atoms with Gasteiger partial charge in [0.05, 0.1) is 0 Å². The van der Waals surface area contributed by atoms with Gasteiger partial charge in [-0.3, -0.25) is 4.90 Å². The average Bonchev–Trinajstić information content (AvgIpc) is 2.51. The predicted octanol–water partition coefficient (Wildman–Crippen LogP) is 2.52. The molecule has 1 aromatic heterocycles. The van der Waals surface area contributed by atoms with Gasteiger partial charge in [0.25, 0.3) is 0 Å². The van der Waals surface area contributed by atoms with Crippen LogP contribution in [0.4, 0.5) is 0 Å². The van der Waals surface area contributed by atoms with Gasteiger partial charge in [0.1, 0.15) is 0 Å². The maximum Gasteiger partial charge on any atom is 0.0244 e. The lowest BCUT2D eigenvalue weighted by Crippen LogP contribution is -2.30. The fourth-order valence-electron chi connectivity index (χ4n) is 1.81. The van der Waals surface area contributed by atoms with Crippen molar-refractivity contribution in [2.24, 2.45) is 0 Å². The molecule has 0 atom stereocenters. The predicted molar refractivity (Wildman–Crippen MR) is 53.6 cm³/mol. The molecule has 12 heavy (non-hydrogen) atoms. The summed E-state index contributed by atoms with van der Waals surface area (Å²) >= 11 is 1.92. The van der Waals surface area contributed by atoms with Crippen LogP contribution in [-0.2, 0) is 13.0 Å². The largest absolute Gasteiger partial charge is 0.299 e. The number of nitrogens with zero attached hydrogens (tertiary/aromatic N) is 1. The summed E-state index contributed by atoms with van der Waals surface area (Å²) in [6.07, 6.45) is 2.55. The number of hydrogen-bond donors (Lipinski definition) is 0. The second-order valence-electron chi connectivity index (χ2n) is 3.40. The Hall–Kier alpha value is -0.340. The molecule has 66 valence electrons. The Morgan fingerprint density at radius 2 is 2.50 bits per heavy atom. The molecule has 1 aromatic rings. The molecule has 0 amide bonds. The van der Waals surface area contributed by atoms with Gasteiger partial charge in [0.15, 0.2) is 0 Å². The summed E-state index contributed by atoms with van der Waals surface area (Å²) in [6.45, 7) is 5.96. The van der Waals surface area contributed by atoms with Crippen LogP contribution < -0.4 is 0 Å². The first kappa shape index (κ1) is 8.27. The van der Waals surface area contributed by atoms with E-state index >= 15 is 0 Å². The van der Waals surface area contributed by atoms with Gasteiger partial charge in [-0.05, 0) is 36.4 Å². The van der Waals surface area contributed by atoms with Crippen molar-refractivity contribution in [3.63, 3.8) is 0 Å². The van der Waals surface area contributed by atoms with Crippen LogP contribution in [0.2, 0.25) is 0 Å². The Kier molecular flexibility index (Phi) is 2.47. The lowest BCUT2D eigenvalue weighted by atomic mass is 10.1. The van der Waals surface area contributed by atoms with E-state index in [1.165, 1.54) is 32.5 Å². The summed E-state index contributed by atoms with van der Waals surface area (Å²) in [6, 6.07) is 2.28. The zero-order valence-corrected chi connectivity index (χ0v) is 8.36. The van der Waals surface area contributed by atoms with Gasteiger partial charge in [-0.15, -0.1) is 11.3 Å². The molecule has 0 N–H and O–H groups in total. The van der Waals surface area contributed by atoms with Crippen molar-refractivity contribution in [3.05, 3.63) is 21.9 Å². The Morgan fingerprint density at radius 3 is 3.33 bits per heavy atom. The number of rotatable bonds is 2. The average molecular weight is 181 g/mol. The second-order valence-corrected chi connectivity index (χ2v) is 4.40. The fourth-order valence-corrected chi connectivity index (χ4v) is 2.70. The molecule has 0 radical (unpaired) electrons. The minimum absolute atomic E-state index is 1.19. The summed E-state index contributed by atoms with van der Waals surface area (Å²) in [4.78, 5) is 4.16. The van der Waals surface area contributed by atoms with Crippen molar-refractivity contribution in [1.82, 2.24) is 4.90 Å². The van der Waals surface area contributed by atoms with E-state index in [1.54, 1.807) is 10.4 Å². The highest BCUT2D eigenvalue weighted by Crippen LogP contribution is 2.23. The van der Waals surface area contributed by atoms with Crippen LogP contribution in [0.15, 0.2) is 11.4 Å². The molecule has 1 aliphatic heterocycles. The van der Waals surface area contributed by atoms with E-state index in [-0.39, 0.29) is 0 Å². The molecule has 0 saturated heterocycles. The summed E-state index contributed by atoms with van der Waals surface area (Å²) in [5.74, 6) is 0. The summed E-state index contributed by atoms with van der Waals surface area (Å²) in [7, 11) is 0. The van der Waals surface area contributed by atoms with Crippen LogP contribution in [0.5, 0.6) is 0 Å². The van der Waals surface area contributed by atoms with Crippen LogP contribution in [0.25, 0.3) is 0 Å². The first-order valence-electron chi connectivity index (χ1n) is 4.67. The molecule has 2 heteroatoms. The lowest BCUT2D eigenvalue weighted by molar-refractivity contribution is 0.257. The maximum absolute atomic E-state index is 2.55. The van der Waals surface area contributed by atoms with Gasteiger partial charge < -0.3 is 0 Å². The van der Waals surface area contributed by atoms with Crippen LogP contribution in [-0.4, -0.2) is 18.0 Å². The maximum atomic E-state index is 2.55. The molecule has 2 heterocycles. The first-order valence-corrected chi connectivity index (χ1v) is 5.55. The molecule has 0 bridgehead atoms. The number of thiophene rings is 1. The van der Waals surface area contributed by atoms with Crippen molar-refractivity contribution in [1.29, 1.82) is 0 Å². The van der Waals surface area contributed by atoms with Crippen LogP contribution >= 0.6 is 11.3 Å². The molecule has 0 saturated carbocycles. The van der Waals surface area contributed by atoms with Gasteiger partial charge in [0, 0.05) is 18.0 Å². The molecule has 1 nitrogen and oxygen atoms in total. The Bertz CT molecular complexity index is 254. The van der Waals surface area contributed by atoms with Crippen LogP contribution in [0.3, 0.4) is 0 Å². The minimum Gasteiger partial charge on any atom is -0.299 e. The summed E-state index contributed by atoms with van der Waals surface area (Å²) in [5.41, 5.74) is 1.57. The van der Waals surface area contributed by atoms with Gasteiger partial charge >= 0.3 is 0 Å². The topological polar surface area (TPSA) is 3.24 Å². The van der Waals surface area contributed by atoms with E-state index < -0.39 is 0 Å². The zero-order chi connectivity index (χ0) is 8.39.